The summed E-state index contributed by atoms with van der Waals surface area (Å²) in [5, 5.41) is 8.89. The Bertz CT molecular complexity index is 587. The Labute approximate surface area is 120 Å². The standard InChI is InChI=1S/C14H21NO4S/c1-10(14(2,3)4)15-20(18,19)9-11-6-5-7-12(8-11)13(16)17/h5-8,10,15H,9H2,1-4H3,(H,16,17). The molecule has 6 heteroatoms. The van der Waals surface area contributed by atoms with Gasteiger partial charge in [0.05, 0.1) is 11.3 Å². The van der Waals surface area contributed by atoms with E-state index in [-0.39, 0.29) is 22.8 Å². The second-order valence-electron chi connectivity index (χ2n) is 5.97. The number of aromatic carboxylic acids is 1. The van der Waals surface area contributed by atoms with Crippen molar-refractivity contribution in [1.29, 1.82) is 0 Å². The number of hydrogen-bond acceptors (Lipinski definition) is 3. The Morgan fingerprint density at radius 3 is 2.45 bits per heavy atom. The van der Waals surface area contributed by atoms with Gasteiger partial charge < -0.3 is 5.11 Å². The summed E-state index contributed by atoms with van der Waals surface area (Å²) in [6.07, 6.45) is 0. The van der Waals surface area contributed by atoms with Crippen LogP contribution in [0.1, 0.15) is 43.6 Å². The smallest absolute Gasteiger partial charge is 0.335 e. The predicted molar refractivity (Wildman–Crippen MR) is 78.1 cm³/mol. The van der Waals surface area contributed by atoms with Crippen LogP contribution in [0.3, 0.4) is 0 Å². The largest absolute Gasteiger partial charge is 0.478 e. The molecular formula is C14H21NO4S. The van der Waals surface area contributed by atoms with Gasteiger partial charge in [0.15, 0.2) is 0 Å². The zero-order valence-corrected chi connectivity index (χ0v) is 13.0. The fraction of sp³-hybridized carbons (Fsp3) is 0.500. The van der Waals surface area contributed by atoms with Crippen molar-refractivity contribution in [2.24, 2.45) is 5.41 Å². The molecule has 0 bridgehead atoms. The van der Waals surface area contributed by atoms with Crippen LogP contribution >= 0.6 is 0 Å². The molecule has 20 heavy (non-hydrogen) atoms. The molecule has 1 atom stereocenters. The summed E-state index contributed by atoms with van der Waals surface area (Å²) in [5.41, 5.74) is 0.357. The lowest BCUT2D eigenvalue weighted by Gasteiger charge is -2.27. The van der Waals surface area contributed by atoms with Gasteiger partial charge in [0.2, 0.25) is 10.0 Å². The lowest BCUT2D eigenvalue weighted by molar-refractivity contribution is 0.0696. The number of rotatable bonds is 5. The molecule has 0 heterocycles. The minimum Gasteiger partial charge on any atom is -0.478 e. The highest BCUT2D eigenvalue weighted by molar-refractivity contribution is 7.88. The number of carbonyl (C=O) groups is 1. The molecule has 2 N–H and O–H groups in total. The van der Waals surface area contributed by atoms with E-state index in [4.69, 9.17) is 5.11 Å². The van der Waals surface area contributed by atoms with Gasteiger partial charge in [-0.3, -0.25) is 0 Å². The molecule has 0 aliphatic heterocycles. The van der Waals surface area contributed by atoms with Crippen LogP contribution < -0.4 is 4.72 Å². The first-order chi connectivity index (χ1) is 9.01. The van der Waals surface area contributed by atoms with E-state index in [0.29, 0.717) is 5.56 Å². The van der Waals surface area contributed by atoms with Crippen LogP contribution in [0.5, 0.6) is 0 Å². The first-order valence-electron chi connectivity index (χ1n) is 6.33. The molecule has 112 valence electrons. The third kappa shape index (κ3) is 4.94. The molecule has 0 aliphatic carbocycles. The van der Waals surface area contributed by atoms with Gasteiger partial charge in [-0.15, -0.1) is 0 Å². The number of carboxylic acid groups (broad SMARTS) is 1. The summed E-state index contributed by atoms with van der Waals surface area (Å²) in [6, 6.07) is 5.75. The fourth-order valence-electron chi connectivity index (χ4n) is 1.50. The molecule has 0 saturated carbocycles. The molecule has 0 radical (unpaired) electrons. The molecule has 0 saturated heterocycles. The molecule has 1 unspecified atom stereocenters. The maximum Gasteiger partial charge on any atom is 0.335 e. The Kier molecular flexibility index (Phi) is 4.94. The second-order valence-corrected chi connectivity index (χ2v) is 7.72. The van der Waals surface area contributed by atoms with E-state index in [1.54, 1.807) is 12.1 Å². The van der Waals surface area contributed by atoms with Crippen LogP contribution in [0.15, 0.2) is 24.3 Å². The Morgan fingerprint density at radius 1 is 1.35 bits per heavy atom. The van der Waals surface area contributed by atoms with Gasteiger partial charge in [0, 0.05) is 6.04 Å². The van der Waals surface area contributed by atoms with Crippen molar-refractivity contribution in [2.75, 3.05) is 0 Å². The van der Waals surface area contributed by atoms with E-state index in [9.17, 15) is 13.2 Å². The van der Waals surface area contributed by atoms with E-state index < -0.39 is 16.0 Å². The van der Waals surface area contributed by atoms with Crippen LogP contribution in [0.25, 0.3) is 0 Å². The molecule has 1 rings (SSSR count). The number of sulfonamides is 1. The Balaban J connectivity index is 2.86. The van der Waals surface area contributed by atoms with E-state index in [1.165, 1.54) is 12.1 Å². The number of benzene rings is 1. The SMILES string of the molecule is CC(NS(=O)(=O)Cc1cccc(C(=O)O)c1)C(C)(C)C. The predicted octanol–water partition coefficient (Wildman–Crippen LogP) is 2.24. The van der Waals surface area contributed by atoms with Crippen molar-refractivity contribution in [3.8, 4) is 0 Å². The van der Waals surface area contributed by atoms with Gasteiger partial charge >= 0.3 is 5.97 Å². The quantitative estimate of drug-likeness (QED) is 0.873. The summed E-state index contributed by atoms with van der Waals surface area (Å²) < 4.78 is 26.8. The van der Waals surface area contributed by atoms with Gasteiger partial charge in [-0.1, -0.05) is 32.9 Å². The fourth-order valence-corrected chi connectivity index (χ4v) is 3.10. The summed E-state index contributed by atoms with van der Waals surface area (Å²) in [4.78, 5) is 10.9. The molecule has 1 aromatic carbocycles. The van der Waals surface area contributed by atoms with Crippen LogP contribution in [0, 0.1) is 5.41 Å². The molecule has 0 aliphatic rings. The molecular weight excluding hydrogens is 278 g/mol. The Hall–Kier alpha value is -1.40. The van der Waals surface area contributed by atoms with Crippen LogP contribution in [0.4, 0.5) is 0 Å². The Morgan fingerprint density at radius 2 is 1.95 bits per heavy atom. The zero-order valence-electron chi connectivity index (χ0n) is 12.2. The van der Waals surface area contributed by atoms with Gasteiger partial charge in [-0.2, -0.15) is 0 Å². The summed E-state index contributed by atoms with van der Waals surface area (Å²) >= 11 is 0. The van der Waals surface area contributed by atoms with Gasteiger partial charge in [0.25, 0.3) is 0 Å². The van der Waals surface area contributed by atoms with Gasteiger partial charge in [-0.05, 0) is 30.0 Å². The van der Waals surface area contributed by atoms with Crippen molar-refractivity contribution >= 4 is 16.0 Å². The molecule has 1 aromatic rings. The second kappa shape index (κ2) is 5.93. The summed E-state index contributed by atoms with van der Waals surface area (Å²) in [7, 11) is -3.50. The zero-order chi connectivity index (χ0) is 15.6. The van der Waals surface area contributed by atoms with E-state index in [1.807, 2.05) is 27.7 Å². The van der Waals surface area contributed by atoms with Crippen LogP contribution in [-0.2, 0) is 15.8 Å². The molecule has 0 amide bonds. The number of nitrogens with one attached hydrogen (secondary N) is 1. The maximum atomic E-state index is 12.1. The van der Waals surface area contributed by atoms with Crippen molar-refractivity contribution in [3.63, 3.8) is 0 Å². The lowest BCUT2D eigenvalue weighted by Crippen LogP contribution is -2.41. The molecule has 0 aromatic heterocycles. The average molecular weight is 299 g/mol. The van der Waals surface area contributed by atoms with Crippen molar-refractivity contribution in [1.82, 2.24) is 4.72 Å². The average Bonchev–Trinajstić information content (AvgIpc) is 2.26. The minimum absolute atomic E-state index is 0.0848. The summed E-state index contributed by atoms with van der Waals surface area (Å²) in [5.74, 6) is -1.30. The van der Waals surface area contributed by atoms with E-state index in [2.05, 4.69) is 4.72 Å². The van der Waals surface area contributed by atoms with Crippen molar-refractivity contribution < 1.29 is 18.3 Å². The third-order valence-corrected chi connectivity index (χ3v) is 4.61. The van der Waals surface area contributed by atoms with E-state index >= 15 is 0 Å². The first-order valence-corrected chi connectivity index (χ1v) is 7.99. The monoisotopic (exact) mass is 299 g/mol. The third-order valence-electron chi connectivity index (χ3n) is 3.19. The van der Waals surface area contributed by atoms with Crippen LogP contribution in [0.2, 0.25) is 0 Å². The molecule has 5 nitrogen and oxygen atoms in total. The van der Waals surface area contributed by atoms with Gasteiger partial charge in [-0.25, -0.2) is 17.9 Å². The normalized spacial score (nSPS) is 14.0. The molecule has 0 spiro atoms. The maximum absolute atomic E-state index is 12.1. The highest BCUT2D eigenvalue weighted by Crippen LogP contribution is 2.20. The summed E-state index contributed by atoms with van der Waals surface area (Å²) in [6.45, 7) is 7.66. The number of hydrogen-bond donors (Lipinski definition) is 2. The van der Waals surface area contributed by atoms with E-state index in [0.717, 1.165) is 0 Å². The van der Waals surface area contributed by atoms with Crippen molar-refractivity contribution in [3.05, 3.63) is 35.4 Å². The van der Waals surface area contributed by atoms with Crippen molar-refractivity contribution in [2.45, 2.75) is 39.5 Å². The molecule has 0 fully saturated rings. The van der Waals surface area contributed by atoms with Gasteiger partial charge in [0.1, 0.15) is 0 Å². The van der Waals surface area contributed by atoms with Crippen LogP contribution in [-0.4, -0.2) is 25.5 Å². The minimum atomic E-state index is -3.50. The number of carboxylic acids is 1. The topological polar surface area (TPSA) is 83.5 Å². The highest BCUT2D eigenvalue weighted by Gasteiger charge is 2.25. The highest BCUT2D eigenvalue weighted by atomic mass is 32.2. The lowest BCUT2D eigenvalue weighted by atomic mass is 9.89. The first kappa shape index (κ1) is 16.7.